The molecule has 0 bridgehead atoms. The fourth-order valence-electron chi connectivity index (χ4n) is 2.02. The van der Waals surface area contributed by atoms with Crippen molar-refractivity contribution in [3.8, 4) is 11.5 Å². The number of hydrogen-bond acceptors (Lipinski definition) is 5. The molecule has 2 aromatic carbocycles. The van der Waals surface area contributed by atoms with Crippen LogP contribution in [0, 0.1) is 0 Å². The number of benzene rings is 2. The topological polar surface area (TPSA) is 80.2 Å². The highest BCUT2D eigenvalue weighted by atomic mass is 16.5. The van der Waals surface area contributed by atoms with Gasteiger partial charge in [0.05, 0.1) is 31.2 Å². The Labute approximate surface area is 140 Å². The molecule has 2 aromatic rings. The van der Waals surface area contributed by atoms with E-state index in [4.69, 9.17) is 14.6 Å². The summed E-state index contributed by atoms with van der Waals surface area (Å²) in [6, 6.07) is 11.9. The van der Waals surface area contributed by atoms with E-state index in [1.54, 1.807) is 25.5 Å². The van der Waals surface area contributed by atoms with Crippen LogP contribution in [-0.2, 0) is 0 Å². The Balaban J connectivity index is 2.11. The SMILES string of the molecule is CCCOc1c(C=NNc2ccc(C(=O)O)cc2)cccc1OC. The first-order valence-electron chi connectivity index (χ1n) is 7.58. The van der Waals surface area contributed by atoms with Gasteiger partial charge in [-0.05, 0) is 42.8 Å². The van der Waals surface area contributed by atoms with Crippen LogP contribution in [0.2, 0.25) is 0 Å². The van der Waals surface area contributed by atoms with Gasteiger partial charge in [0, 0.05) is 5.56 Å². The highest BCUT2D eigenvalue weighted by Gasteiger charge is 2.08. The molecule has 0 aliphatic carbocycles. The van der Waals surface area contributed by atoms with Crippen LogP contribution in [0.5, 0.6) is 11.5 Å². The third kappa shape index (κ3) is 4.49. The maximum Gasteiger partial charge on any atom is 0.335 e. The largest absolute Gasteiger partial charge is 0.493 e. The average Bonchev–Trinajstić information content (AvgIpc) is 2.60. The fraction of sp³-hybridized carbons (Fsp3) is 0.222. The van der Waals surface area contributed by atoms with Crippen molar-refractivity contribution in [3.63, 3.8) is 0 Å². The van der Waals surface area contributed by atoms with Crippen LogP contribution in [0.25, 0.3) is 0 Å². The summed E-state index contributed by atoms with van der Waals surface area (Å²) in [6.45, 7) is 2.62. The van der Waals surface area contributed by atoms with Gasteiger partial charge in [0.25, 0.3) is 0 Å². The Morgan fingerprint density at radius 3 is 2.62 bits per heavy atom. The molecule has 0 amide bonds. The number of nitrogens with one attached hydrogen (secondary N) is 1. The van der Waals surface area contributed by atoms with Crippen LogP contribution in [0.3, 0.4) is 0 Å². The minimum absolute atomic E-state index is 0.229. The molecular weight excluding hydrogens is 308 g/mol. The number of aromatic carboxylic acids is 1. The number of carbonyl (C=O) groups is 1. The summed E-state index contributed by atoms with van der Waals surface area (Å²) in [5, 5.41) is 13.0. The predicted molar refractivity (Wildman–Crippen MR) is 93.4 cm³/mol. The third-order valence-corrected chi connectivity index (χ3v) is 3.21. The molecule has 24 heavy (non-hydrogen) atoms. The van der Waals surface area contributed by atoms with Gasteiger partial charge in [0.15, 0.2) is 11.5 Å². The second-order valence-corrected chi connectivity index (χ2v) is 4.98. The van der Waals surface area contributed by atoms with Crippen LogP contribution < -0.4 is 14.9 Å². The number of ether oxygens (including phenoxy) is 2. The van der Waals surface area contributed by atoms with Gasteiger partial charge in [-0.25, -0.2) is 4.79 Å². The zero-order chi connectivity index (χ0) is 17.4. The van der Waals surface area contributed by atoms with E-state index < -0.39 is 5.97 Å². The van der Waals surface area contributed by atoms with Gasteiger partial charge in [0.1, 0.15) is 0 Å². The number of carboxylic acid groups (broad SMARTS) is 1. The van der Waals surface area contributed by atoms with Crippen molar-refractivity contribution in [2.45, 2.75) is 13.3 Å². The molecule has 0 saturated carbocycles. The standard InChI is InChI=1S/C18H20N2O4/c1-3-11-24-17-14(5-4-6-16(17)23-2)12-19-20-15-9-7-13(8-10-15)18(21)22/h4-10,12,20H,3,11H2,1-2H3,(H,21,22). The number of para-hydroxylation sites is 1. The van der Waals surface area contributed by atoms with Crippen molar-refractivity contribution in [2.24, 2.45) is 5.10 Å². The van der Waals surface area contributed by atoms with E-state index in [1.807, 2.05) is 25.1 Å². The van der Waals surface area contributed by atoms with Crippen LogP contribution in [0.1, 0.15) is 29.3 Å². The number of methoxy groups -OCH3 is 1. The van der Waals surface area contributed by atoms with Crippen LogP contribution >= 0.6 is 0 Å². The Bertz CT molecular complexity index is 711. The normalized spacial score (nSPS) is 10.6. The zero-order valence-electron chi connectivity index (χ0n) is 13.7. The molecule has 0 aliphatic rings. The number of nitrogens with zero attached hydrogens (tertiary/aromatic N) is 1. The van der Waals surface area contributed by atoms with Crippen LogP contribution in [0.4, 0.5) is 5.69 Å². The molecule has 0 saturated heterocycles. The molecule has 0 aromatic heterocycles. The Morgan fingerprint density at radius 1 is 1.25 bits per heavy atom. The summed E-state index contributed by atoms with van der Waals surface area (Å²) in [4.78, 5) is 10.8. The Kier molecular flexibility index (Phi) is 6.19. The summed E-state index contributed by atoms with van der Waals surface area (Å²) >= 11 is 0. The number of hydrazone groups is 1. The summed E-state index contributed by atoms with van der Waals surface area (Å²) in [6.07, 6.45) is 2.53. The zero-order valence-corrected chi connectivity index (χ0v) is 13.7. The molecule has 0 atom stereocenters. The van der Waals surface area contributed by atoms with E-state index in [0.717, 1.165) is 12.0 Å². The molecule has 0 unspecified atom stereocenters. The molecule has 6 heteroatoms. The maximum atomic E-state index is 10.8. The first-order valence-corrected chi connectivity index (χ1v) is 7.58. The smallest absolute Gasteiger partial charge is 0.335 e. The van der Waals surface area contributed by atoms with Gasteiger partial charge in [-0.3, -0.25) is 5.43 Å². The number of hydrogen-bond donors (Lipinski definition) is 2. The second kappa shape index (κ2) is 8.57. The lowest BCUT2D eigenvalue weighted by Crippen LogP contribution is -2.02. The molecule has 0 heterocycles. The van der Waals surface area contributed by atoms with E-state index in [0.29, 0.717) is 23.8 Å². The first-order chi connectivity index (χ1) is 11.7. The van der Waals surface area contributed by atoms with Crippen molar-refractivity contribution in [2.75, 3.05) is 19.1 Å². The third-order valence-electron chi connectivity index (χ3n) is 3.21. The number of carboxylic acids is 1. The summed E-state index contributed by atoms with van der Waals surface area (Å²) in [5.74, 6) is 0.339. The van der Waals surface area contributed by atoms with E-state index in [2.05, 4.69) is 10.5 Å². The molecule has 0 fully saturated rings. The minimum Gasteiger partial charge on any atom is -0.493 e. The van der Waals surface area contributed by atoms with Gasteiger partial charge >= 0.3 is 5.97 Å². The molecule has 0 spiro atoms. The molecule has 126 valence electrons. The van der Waals surface area contributed by atoms with E-state index in [-0.39, 0.29) is 5.56 Å². The maximum absolute atomic E-state index is 10.8. The quantitative estimate of drug-likeness (QED) is 0.571. The highest BCUT2D eigenvalue weighted by Crippen LogP contribution is 2.30. The molecule has 2 N–H and O–H groups in total. The lowest BCUT2D eigenvalue weighted by Gasteiger charge is -2.12. The van der Waals surface area contributed by atoms with Gasteiger partial charge in [-0.15, -0.1) is 0 Å². The molecular formula is C18H20N2O4. The number of anilines is 1. The van der Waals surface area contributed by atoms with Crippen molar-refractivity contribution < 1.29 is 19.4 Å². The summed E-state index contributed by atoms with van der Waals surface area (Å²) in [5.41, 5.74) is 4.57. The summed E-state index contributed by atoms with van der Waals surface area (Å²) in [7, 11) is 1.59. The van der Waals surface area contributed by atoms with E-state index in [1.165, 1.54) is 12.1 Å². The molecule has 6 nitrogen and oxygen atoms in total. The lowest BCUT2D eigenvalue weighted by atomic mass is 10.2. The van der Waals surface area contributed by atoms with Gasteiger partial charge < -0.3 is 14.6 Å². The highest BCUT2D eigenvalue weighted by molar-refractivity contribution is 5.88. The monoisotopic (exact) mass is 328 g/mol. The average molecular weight is 328 g/mol. The van der Waals surface area contributed by atoms with Gasteiger partial charge in [-0.2, -0.15) is 5.10 Å². The van der Waals surface area contributed by atoms with E-state index in [9.17, 15) is 4.79 Å². The Morgan fingerprint density at radius 2 is 2.00 bits per heavy atom. The second-order valence-electron chi connectivity index (χ2n) is 4.98. The van der Waals surface area contributed by atoms with Crippen LogP contribution in [0.15, 0.2) is 47.6 Å². The van der Waals surface area contributed by atoms with Crippen LogP contribution in [-0.4, -0.2) is 31.0 Å². The Hall–Kier alpha value is -3.02. The van der Waals surface area contributed by atoms with Crippen molar-refractivity contribution in [1.82, 2.24) is 0 Å². The molecule has 0 radical (unpaired) electrons. The first kappa shape index (κ1) is 17.3. The van der Waals surface area contributed by atoms with Crippen molar-refractivity contribution in [1.29, 1.82) is 0 Å². The fourth-order valence-corrected chi connectivity index (χ4v) is 2.02. The minimum atomic E-state index is -0.959. The molecule has 0 aliphatic heterocycles. The van der Waals surface area contributed by atoms with E-state index >= 15 is 0 Å². The van der Waals surface area contributed by atoms with Gasteiger partial charge in [0.2, 0.25) is 0 Å². The lowest BCUT2D eigenvalue weighted by molar-refractivity contribution is 0.0697. The van der Waals surface area contributed by atoms with Crippen molar-refractivity contribution >= 4 is 17.9 Å². The predicted octanol–water partition coefficient (Wildman–Crippen LogP) is 3.63. The van der Waals surface area contributed by atoms with Gasteiger partial charge in [-0.1, -0.05) is 13.0 Å². The summed E-state index contributed by atoms with van der Waals surface area (Å²) < 4.78 is 11.1. The van der Waals surface area contributed by atoms with Crippen molar-refractivity contribution in [3.05, 3.63) is 53.6 Å². The number of rotatable bonds is 8. The molecule has 2 rings (SSSR count).